The summed E-state index contributed by atoms with van der Waals surface area (Å²) in [5, 5.41) is 0. The Balaban J connectivity index is 2.05. The van der Waals surface area contributed by atoms with Crippen molar-refractivity contribution < 1.29 is 4.74 Å². The number of ether oxygens (including phenoxy) is 1. The molecule has 3 aromatic rings. The van der Waals surface area contributed by atoms with Crippen LogP contribution < -0.4 is 4.74 Å². The number of aromatic nitrogens is 2. The Morgan fingerprint density at radius 1 is 1.24 bits per heavy atom. The third-order valence-corrected chi connectivity index (χ3v) is 4.99. The number of hydrogen-bond acceptors (Lipinski definition) is 3. The van der Waals surface area contributed by atoms with Crippen LogP contribution in [0.1, 0.15) is 22.5 Å². The van der Waals surface area contributed by atoms with E-state index in [4.69, 9.17) is 16.3 Å². The third kappa shape index (κ3) is 2.78. The summed E-state index contributed by atoms with van der Waals surface area (Å²) < 4.78 is 7.50. The lowest BCUT2D eigenvalue weighted by atomic mass is 10.3. The summed E-state index contributed by atoms with van der Waals surface area (Å²) in [4.78, 5) is 7.33. The predicted molar refractivity (Wildman–Crippen MR) is 88.6 cm³/mol. The van der Waals surface area contributed by atoms with Crippen molar-refractivity contribution in [3.05, 3.63) is 45.9 Å². The zero-order valence-corrected chi connectivity index (χ0v) is 13.7. The molecule has 1 aromatic carbocycles. The van der Waals surface area contributed by atoms with E-state index in [0.717, 1.165) is 35.6 Å². The van der Waals surface area contributed by atoms with Crippen LogP contribution in [-0.2, 0) is 18.8 Å². The molecule has 3 rings (SSSR count). The fourth-order valence-corrected chi connectivity index (χ4v) is 3.56. The van der Waals surface area contributed by atoms with E-state index >= 15 is 0 Å². The summed E-state index contributed by atoms with van der Waals surface area (Å²) in [6.45, 7) is 2.98. The summed E-state index contributed by atoms with van der Waals surface area (Å²) in [7, 11) is 1.68. The monoisotopic (exact) mass is 320 g/mol. The van der Waals surface area contributed by atoms with Gasteiger partial charge in [0.15, 0.2) is 0 Å². The number of benzene rings is 1. The van der Waals surface area contributed by atoms with E-state index in [1.54, 1.807) is 7.11 Å². The highest BCUT2D eigenvalue weighted by Gasteiger charge is 2.12. The zero-order valence-electron chi connectivity index (χ0n) is 12.1. The molecule has 0 amide bonds. The highest BCUT2D eigenvalue weighted by Crippen LogP contribution is 2.26. The van der Waals surface area contributed by atoms with E-state index in [9.17, 15) is 0 Å². The molecule has 0 aliphatic carbocycles. The maximum absolute atomic E-state index is 6.06. The summed E-state index contributed by atoms with van der Waals surface area (Å²) >= 11 is 7.91. The molecule has 0 unspecified atom stereocenters. The van der Waals surface area contributed by atoms with Gasteiger partial charge in [0.1, 0.15) is 11.6 Å². The summed E-state index contributed by atoms with van der Waals surface area (Å²) in [6.07, 6.45) is 1.07. The number of imidazole rings is 1. The first-order valence-electron chi connectivity index (χ1n) is 6.92. The molecule has 0 spiro atoms. The van der Waals surface area contributed by atoms with Gasteiger partial charge in [-0.25, -0.2) is 4.98 Å². The van der Waals surface area contributed by atoms with Gasteiger partial charge in [0.05, 0.1) is 30.6 Å². The Morgan fingerprint density at radius 2 is 2.05 bits per heavy atom. The maximum atomic E-state index is 6.06. The number of halogens is 1. The lowest BCUT2D eigenvalue weighted by Crippen LogP contribution is -2.02. The van der Waals surface area contributed by atoms with Crippen LogP contribution in [-0.4, -0.2) is 16.7 Å². The first-order valence-corrected chi connectivity index (χ1v) is 8.27. The first kappa shape index (κ1) is 14.4. The van der Waals surface area contributed by atoms with Crippen molar-refractivity contribution in [2.24, 2.45) is 0 Å². The van der Waals surface area contributed by atoms with E-state index in [1.807, 2.05) is 29.5 Å². The minimum atomic E-state index is 0.406. The van der Waals surface area contributed by atoms with Crippen molar-refractivity contribution in [2.75, 3.05) is 7.11 Å². The molecule has 21 heavy (non-hydrogen) atoms. The highest BCUT2D eigenvalue weighted by molar-refractivity contribution is 7.11. The minimum absolute atomic E-state index is 0.406. The van der Waals surface area contributed by atoms with Gasteiger partial charge < -0.3 is 9.30 Å². The highest BCUT2D eigenvalue weighted by atomic mass is 35.5. The average molecular weight is 321 g/mol. The summed E-state index contributed by atoms with van der Waals surface area (Å²) in [5.74, 6) is 2.14. The second kappa shape index (κ2) is 6.08. The van der Waals surface area contributed by atoms with Crippen LogP contribution in [0.15, 0.2) is 30.3 Å². The van der Waals surface area contributed by atoms with Crippen molar-refractivity contribution in [1.82, 2.24) is 9.55 Å². The molecule has 0 saturated heterocycles. The standard InChI is InChI=1S/C16H17ClN2OS/c1-3-12-5-6-13(21-12)10-19-15-8-11(20-2)4-7-14(15)18-16(19)9-17/h4-8H,3,9-10H2,1-2H3. The van der Waals surface area contributed by atoms with Gasteiger partial charge in [0.2, 0.25) is 0 Å². The second-order valence-electron chi connectivity index (χ2n) is 4.82. The van der Waals surface area contributed by atoms with Gasteiger partial charge in [-0.1, -0.05) is 6.92 Å². The van der Waals surface area contributed by atoms with Crippen molar-refractivity contribution in [3.63, 3.8) is 0 Å². The molecule has 5 heteroatoms. The molecular weight excluding hydrogens is 304 g/mol. The quantitative estimate of drug-likeness (QED) is 0.649. The van der Waals surface area contributed by atoms with Gasteiger partial charge in [-0.3, -0.25) is 0 Å². The molecule has 0 saturated carbocycles. The SMILES string of the molecule is CCc1ccc(Cn2c(CCl)nc3ccc(OC)cc32)s1. The number of aryl methyl sites for hydroxylation is 1. The normalized spacial score (nSPS) is 11.2. The molecule has 0 radical (unpaired) electrons. The molecule has 0 N–H and O–H groups in total. The molecule has 2 heterocycles. The smallest absolute Gasteiger partial charge is 0.125 e. The molecule has 0 fully saturated rings. The van der Waals surface area contributed by atoms with Gasteiger partial charge in [0, 0.05) is 15.8 Å². The van der Waals surface area contributed by atoms with E-state index in [2.05, 4.69) is 28.6 Å². The van der Waals surface area contributed by atoms with E-state index in [1.165, 1.54) is 9.75 Å². The molecule has 0 atom stereocenters. The second-order valence-corrected chi connectivity index (χ2v) is 6.34. The molecule has 0 aliphatic rings. The molecule has 110 valence electrons. The summed E-state index contributed by atoms with van der Waals surface area (Å²) in [5.41, 5.74) is 2.02. The summed E-state index contributed by atoms with van der Waals surface area (Å²) in [6, 6.07) is 10.3. The first-order chi connectivity index (χ1) is 10.2. The average Bonchev–Trinajstić information content (AvgIpc) is 3.11. The van der Waals surface area contributed by atoms with E-state index < -0.39 is 0 Å². The Kier molecular flexibility index (Phi) is 4.17. The Labute approximate surface area is 133 Å². The van der Waals surface area contributed by atoms with Gasteiger partial charge in [-0.15, -0.1) is 22.9 Å². The zero-order chi connectivity index (χ0) is 14.8. The fourth-order valence-electron chi connectivity index (χ4n) is 2.41. The number of nitrogens with zero attached hydrogens (tertiary/aromatic N) is 2. The Bertz CT molecular complexity index is 763. The fraction of sp³-hybridized carbons (Fsp3) is 0.312. The number of rotatable bonds is 5. The molecular formula is C16H17ClN2OS. The number of methoxy groups -OCH3 is 1. The number of thiophene rings is 1. The number of fused-ring (bicyclic) bond motifs is 1. The lowest BCUT2D eigenvalue weighted by molar-refractivity contribution is 0.415. The van der Waals surface area contributed by atoms with Crippen LogP contribution in [0.3, 0.4) is 0 Å². The van der Waals surface area contributed by atoms with Crippen LogP contribution >= 0.6 is 22.9 Å². The predicted octanol–water partition coefficient (Wildman–Crippen LogP) is 4.46. The van der Waals surface area contributed by atoms with Crippen LogP contribution in [0.25, 0.3) is 11.0 Å². The minimum Gasteiger partial charge on any atom is -0.497 e. The van der Waals surface area contributed by atoms with Crippen LogP contribution in [0.5, 0.6) is 5.75 Å². The Hall–Kier alpha value is -1.52. The lowest BCUT2D eigenvalue weighted by Gasteiger charge is -2.07. The van der Waals surface area contributed by atoms with Crippen molar-refractivity contribution in [1.29, 1.82) is 0 Å². The molecule has 0 bridgehead atoms. The molecule has 0 aliphatic heterocycles. The van der Waals surface area contributed by atoms with Crippen LogP contribution in [0.4, 0.5) is 0 Å². The van der Waals surface area contributed by atoms with Gasteiger partial charge in [-0.05, 0) is 30.7 Å². The van der Waals surface area contributed by atoms with E-state index in [-0.39, 0.29) is 0 Å². The van der Waals surface area contributed by atoms with Crippen molar-refractivity contribution in [2.45, 2.75) is 25.8 Å². The largest absolute Gasteiger partial charge is 0.497 e. The van der Waals surface area contributed by atoms with Crippen molar-refractivity contribution >= 4 is 34.0 Å². The number of hydrogen-bond donors (Lipinski definition) is 0. The van der Waals surface area contributed by atoms with E-state index in [0.29, 0.717) is 5.88 Å². The topological polar surface area (TPSA) is 27.1 Å². The Morgan fingerprint density at radius 3 is 2.71 bits per heavy atom. The van der Waals surface area contributed by atoms with Crippen LogP contribution in [0.2, 0.25) is 0 Å². The van der Waals surface area contributed by atoms with Gasteiger partial charge in [0.25, 0.3) is 0 Å². The van der Waals surface area contributed by atoms with Crippen molar-refractivity contribution in [3.8, 4) is 5.75 Å². The number of alkyl halides is 1. The van der Waals surface area contributed by atoms with Crippen LogP contribution in [0, 0.1) is 0 Å². The molecule has 3 nitrogen and oxygen atoms in total. The third-order valence-electron chi connectivity index (χ3n) is 3.53. The van der Waals surface area contributed by atoms with Gasteiger partial charge in [-0.2, -0.15) is 0 Å². The van der Waals surface area contributed by atoms with Gasteiger partial charge >= 0.3 is 0 Å². The maximum Gasteiger partial charge on any atom is 0.125 e. The molecule has 2 aromatic heterocycles.